The molecular formula is C61H117N5. The molecule has 5 heteroatoms. The van der Waals surface area contributed by atoms with Gasteiger partial charge >= 0.3 is 0 Å². The molecule has 5 nitrogen and oxygen atoms in total. The van der Waals surface area contributed by atoms with Gasteiger partial charge in [-0.1, -0.05) is 128 Å². The highest BCUT2D eigenvalue weighted by atomic mass is 15.0. The average Bonchev–Trinajstić information content (AvgIpc) is 3.07. The highest BCUT2D eigenvalue weighted by Crippen LogP contribution is 2.15. The Hall–Kier alpha value is -3.55. The lowest BCUT2D eigenvalue weighted by molar-refractivity contribution is 0.462. The van der Waals surface area contributed by atoms with Crippen LogP contribution in [0.15, 0.2) is 17.1 Å². The maximum atomic E-state index is 5.32. The lowest BCUT2D eigenvalue weighted by Gasteiger charge is -2.10. The molecule has 0 aromatic heterocycles. The number of allylic oxidation sites excluding steroid dienone is 2. The van der Waals surface area contributed by atoms with Crippen LogP contribution in [0.3, 0.4) is 0 Å². The molecule has 0 rings (SSSR count). The van der Waals surface area contributed by atoms with Crippen LogP contribution in [0.2, 0.25) is 0 Å². The summed E-state index contributed by atoms with van der Waals surface area (Å²) in [5.74, 6) is 37.6. The number of unbranched alkanes of at least 4 members (excludes halogenated alkanes) is 1. The summed E-state index contributed by atoms with van der Waals surface area (Å²) in [5.41, 5.74) is 6.59. The van der Waals surface area contributed by atoms with Crippen molar-refractivity contribution in [2.24, 2.45) is 48.6 Å². The minimum absolute atomic E-state index is 0. The molecule has 0 unspecified atom stereocenters. The molecule has 0 amide bonds. The molecule has 4 N–H and O–H groups in total. The number of nitrogens with two attached hydrogens (primary N) is 1. The van der Waals surface area contributed by atoms with Crippen LogP contribution in [0.5, 0.6) is 0 Å². The number of hydrogen-bond donors (Lipinski definition) is 3. The van der Waals surface area contributed by atoms with Crippen molar-refractivity contribution in [2.45, 2.75) is 214 Å². The van der Waals surface area contributed by atoms with Crippen LogP contribution >= 0.6 is 0 Å². The normalized spacial score (nSPS) is 10.7. The average molecular weight is 921 g/mol. The van der Waals surface area contributed by atoms with Gasteiger partial charge in [-0.05, 0) is 178 Å². The first-order valence-electron chi connectivity index (χ1n) is 23.5. The van der Waals surface area contributed by atoms with E-state index in [0.29, 0.717) is 17.8 Å². The second-order valence-electron chi connectivity index (χ2n) is 22.8. The van der Waals surface area contributed by atoms with E-state index in [0.717, 1.165) is 38.9 Å². The lowest BCUT2D eigenvalue weighted by atomic mass is 9.96. The molecule has 0 saturated carbocycles. The van der Waals surface area contributed by atoms with Gasteiger partial charge in [0.05, 0.1) is 25.5 Å². The number of rotatable bonds is 6. The molecule has 0 spiro atoms. The molecule has 0 saturated heterocycles. The van der Waals surface area contributed by atoms with Crippen LogP contribution < -0.4 is 16.4 Å². The number of nitrogens with one attached hydrogen (secondary N) is 2. The van der Waals surface area contributed by atoms with Crippen molar-refractivity contribution in [3.8, 4) is 71.0 Å². The maximum absolute atomic E-state index is 5.32. The Labute approximate surface area is 419 Å². The minimum Gasteiger partial charge on any atom is -0.388 e. The molecule has 0 aromatic rings. The Morgan fingerprint density at radius 1 is 0.515 bits per heavy atom. The van der Waals surface area contributed by atoms with Gasteiger partial charge in [0.15, 0.2) is 0 Å². The zero-order chi connectivity index (χ0) is 52.3. The highest BCUT2D eigenvalue weighted by molar-refractivity contribution is 5.77. The predicted molar refractivity (Wildman–Crippen MR) is 310 cm³/mol. The molecule has 0 bridgehead atoms. The van der Waals surface area contributed by atoms with E-state index in [9.17, 15) is 0 Å². The molecule has 66 heavy (non-hydrogen) atoms. The first-order valence-corrected chi connectivity index (χ1v) is 23.5. The topological polar surface area (TPSA) is 65.7 Å². The maximum Gasteiger partial charge on any atom is 0.102 e. The third-order valence-electron chi connectivity index (χ3n) is 5.52. The van der Waals surface area contributed by atoms with Crippen LogP contribution in [-0.4, -0.2) is 65.1 Å². The lowest BCUT2D eigenvalue weighted by Crippen LogP contribution is -2.11. The van der Waals surface area contributed by atoms with Gasteiger partial charge in [0, 0.05) is 45.3 Å². The van der Waals surface area contributed by atoms with Gasteiger partial charge in [0.25, 0.3) is 0 Å². The van der Waals surface area contributed by atoms with Gasteiger partial charge in [-0.15, -0.1) is 11.8 Å². The second-order valence-corrected chi connectivity index (χ2v) is 22.8. The van der Waals surface area contributed by atoms with Crippen molar-refractivity contribution in [1.82, 2.24) is 15.5 Å². The van der Waals surface area contributed by atoms with Crippen LogP contribution in [0.1, 0.15) is 214 Å². The van der Waals surface area contributed by atoms with Gasteiger partial charge < -0.3 is 16.4 Å². The first-order chi connectivity index (χ1) is 28.6. The second kappa shape index (κ2) is 46.6. The number of aliphatic imine (C=N–C) groups is 1. The molecular weight excluding hydrogens is 803 g/mol. The van der Waals surface area contributed by atoms with Gasteiger partial charge in [-0.3, -0.25) is 9.89 Å². The summed E-state index contributed by atoms with van der Waals surface area (Å²) in [7, 11) is 7.85. The minimum atomic E-state index is 0. The molecule has 0 fully saturated rings. The van der Waals surface area contributed by atoms with Crippen molar-refractivity contribution < 1.29 is 0 Å². The fourth-order valence-corrected chi connectivity index (χ4v) is 3.00. The Morgan fingerprint density at radius 2 is 0.833 bits per heavy atom. The van der Waals surface area contributed by atoms with E-state index in [2.05, 4.69) is 270 Å². The zero-order valence-electron chi connectivity index (χ0n) is 48.3. The molecule has 0 aliphatic carbocycles. The van der Waals surface area contributed by atoms with Crippen molar-refractivity contribution in [1.29, 1.82) is 0 Å². The predicted octanol–water partition coefficient (Wildman–Crippen LogP) is 15.1. The monoisotopic (exact) mass is 920 g/mol. The van der Waals surface area contributed by atoms with Crippen LogP contribution in [0.4, 0.5) is 0 Å². The zero-order valence-corrected chi connectivity index (χ0v) is 48.3. The highest BCUT2D eigenvalue weighted by Gasteiger charge is 2.05. The largest absolute Gasteiger partial charge is 0.388 e. The van der Waals surface area contributed by atoms with E-state index in [1.54, 1.807) is 6.92 Å². The molecule has 0 aliphatic heterocycles. The Balaban J connectivity index is -0.0000000818. The first kappa shape index (κ1) is 82.5. The molecule has 0 heterocycles. The summed E-state index contributed by atoms with van der Waals surface area (Å²) in [6.45, 7) is 55.7. The van der Waals surface area contributed by atoms with Crippen molar-refractivity contribution in [2.75, 3.05) is 54.4 Å². The number of amidine groups is 1. The number of hydrogen-bond acceptors (Lipinski definition) is 4. The molecule has 0 atom stereocenters. The van der Waals surface area contributed by atoms with Crippen molar-refractivity contribution in [3.05, 3.63) is 12.2 Å². The summed E-state index contributed by atoms with van der Waals surface area (Å²) in [6, 6.07) is 0. The van der Waals surface area contributed by atoms with E-state index in [1.165, 1.54) is 6.42 Å². The Morgan fingerprint density at radius 3 is 1.06 bits per heavy atom. The van der Waals surface area contributed by atoms with Gasteiger partial charge in [0.1, 0.15) is 6.54 Å². The van der Waals surface area contributed by atoms with E-state index < -0.39 is 0 Å². The fourth-order valence-electron chi connectivity index (χ4n) is 3.00. The Bertz CT molecular complexity index is 1470. The molecule has 0 aromatic carbocycles. The fraction of sp³-hybridized carbons (Fsp3) is 0.754. The Kier molecular flexibility index (Phi) is 58.2. The molecule has 386 valence electrons. The van der Waals surface area contributed by atoms with Crippen LogP contribution in [-0.2, 0) is 0 Å². The van der Waals surface area contributed by atoms with Gasteiger partial charge in [-0.2, -0.15) is 0 Å². The van der Waals surface area contributed by atoms with Gasteiger partial charge in [0.2, 0.25) is 0 Å². The summed E-state index contributed by atoms with van der Waals surface area (Å²) < 4.78 is 0. The molecule has 0 radical (unpaired) electrons. The summed E-state index contributed by atoms with van der Waals surface area (Å²) in [5, 5.41) is 5.93. The summed E-state index contributed by atoms with van der Waals surface area (Å²) in [4.78, 5) is 6.02. The summed E-state index contributed by atoms with van der Waals surface area (Å²) >= 11 is 0. The smallest absolute Gasteiger partial charge is 0.102 e. The van der Waals surface area contributed by atoms with Crippen LogP contribution in [0, 0.1) is 109 Å². The van der Waals surface area contributed by atoms with E-state index >= 15 is 0 Å². The van der Waals surface area contributed by atoms with E-state index in [4.69, 9.17) is 5.73 Å². The van der Waals surface area contributed by atoms with Gasteiger partial charge in [-0.25, -0.2) is 0 Å². The SMILES string of the molecule is C.C.CC(N)=NCC#CC(C)(C)C.CC/C=C/C(C)(C)C.CCC#CC(C)(C)C.CCCC#CC(C)(C)C.CN(C)CC#CC(C)(C)C.CNCC#CC(C)(C)C.CNCC#CC(C)(C)C. The number of nitrogens with zero attached hydrogens (tertiary/aromatic N) is 2. The standard InChI is InChI=1S/C9H16N2.C9H17N.C9H16.2C8H15N.C8H16.C8H14.2CH4/c1-8(10)11-7-5-6-9(2,3)4;1-9(2,3)7-6-8-10(4)5;1-5-6-7-8-9(2,3)4;2*1-8(2,3)6-5-7-9-4;2*1-5-6-7-8(2,3)4;;/h7H2,1-4H3,(H2,10,11);8H2,1-5H3;5-6H2,1-4H3;2*9H,7H2,1-4H3;6-7H,5H2,1-4H3;5H2,1-4H3;2*1H4/b;;;;;7-6+;;;. The molecule has 0 aliphatic rings. The third-order valence-corrected chi connectivity index (χ3v) is 5.52. The van der Waals surface area contributed by atoms with Crippen molar-refractivity contribution in [3.63, 3.8) is 0 Å². The van der Waals surface area contributed by atoms with Crippen LogP contribution in [0.25, 0.3) is 0 Å². The summed E-state index contributed by atoms with van der Waals surface area (Å²) in [6.07, 6.45) is 8.78. The third kappa shape index (κ3) is 137. The quantitative estimate of drug-likeness (QED) is 0.107. The van der Waals surface area contributed by atoms with E-state index in [1.807, 2.05) is 28.2 Å². The van der Waals surface area contributed by atoms with Crippen molar-refractivity contribution >= 4 is 5.84 Å². The van der Waals surface area contributed by atoms with E-state index in [-0.39, 0.29) is 47.3 Å².